The molecule has 0 bridgehead atoms. The molecule has 3 aromatic rings. The lowest BCUT2D eigenvalue weighted by Gasteiger charge is -2.16. The van der Waals surface area contributed by atoms with Crippen LogP contribution in [0.2, 0.25) is 0 Å². The fraction of sp³-hybridized carbons (Fsp3) is 0. The van der Waals surface area contributed by atoms with Crippen LogP contribution in [0, 0.1) is 80.2 Å². The predicted octanol–water partition coefficient (Wildman–Crippen LogP) is 5.98. The van der Waals surface area contributed by atoms with Gasteiger partial charge in [0, 0.05) is 0 Å². The van der Waals surface area contributed by atoms with Gasteiger partial charge in [0.1, 0.15) is 24.3 Å². The Labute approximate surface area is 219 Å². The lowest BCUT2D eigenvalue weighted by atomic mass is 9.93. The number of nitrogens with one attached hydrogen (secondary N) is 2. The van der Waals surface area contributed by atoms with Gasteiger partial charge in [0.25, 0.3) is 0 Å². The summed E-state index contributed by atoms with van der Waals surface area (Å²) in [6, 6.07) is 8.53. The number of benzene rings is 3. The summed E-state index contributed by atoms with van der Waals surface area (Å²) in [6.45, 7) is 0. The third-order valence-corrected chi connectivity index (χ3v) is 5.74. The highest BCUT2D eigenvalue weighted by molar-refractivity contribution is 6.05. The van der Waals surface area contributed by atoms with Crippen molar-refractivity contribution in [3.05, 3.63) is 82.1 Å². The Morgan fingerprint density at radius 1 is 0.550 bits per heavy atom. The van der Waals surface area contributed by atoms with Crippen LogP contribution < -0.4 is 20.1 Å². The van der Waals surface area contributed by atoms with E-state index < -0.39 is 80.4 Å². The largest absolute Gasteiger partial charge is 0.436 e. The summed E-state index contributed by atoms with van der Waals surface area (Å²) in [5.74, 6) is -11.9. The first-order valence-electron chi connectivity index (χ1n) is 10.7. The Hall–Kier alpha value is -6.12. The van der Waals surface area contributed by atoms with Crippen LogP contribution >= 0.6 is 0 Å². The number of rotatable bonds is 2. The quantitative estimate of drug-likeness (QED) is 0.227. The number of hydrogen-bond acceptors (Lipinski definition) is 8. The second-order valence-corrected chi connectivity index (χ2v) is 7.98. The van der Waals surface area contributed by atoms with Gasteiger partial charge < -0.3 is 20.1 Å². The molecule has 0 spiro atoms. The van der Waals surface area contributed by atoms with Crippen LogP contribution in [-0.2, 0) is 0 Å². The summed E-state index contributed by atoms with van der Waals surface area (Å²) in [4.78, 5) is 0. The highest BCUT2D eigenvalue weighted by Gasteiger charge is 2.39. The van der Waals surface area contributed by atoms with Gasteiger partial charge in [-0.3, -0.25) is 0 Å². The molecule has 40 heavy (non-hydrogen) atoms. The maximum Gasteiger partial charge on any atom is 0.226 e. The molecule has 8 nitrogen and oxygen atoms in total. The van der Waals surface area contributed by atoms with Crippen molar-refractivity contribution >= 4 is 11.4 Å². The molecule has 0 aliphatic carbocycles. The van der Waals surface area contributed by atoms with Crippen LogP contribution in [0.1, 0.15) is 0 Å². The van der Waals surface area contributed by atoms with E-state index in [1.807, 2.05) is 0 Å². The van der Waals surface area contributed by atoms with E-state index in [1.165, 1.54) is 0 Å². The second-order valence-electron chi connectivity index (χ2n) is 7.98. The summed E-state index contributed by atoms with van der Waals surface area (Å²) < 4.78 is 96.1. The van der Waals surface area contributed by atoms with Crippen LogP contribution in [0.5, 0.6) is 11.5 Å². The Kier molecular flexibility index (Phi) is 5.95. The number of nitrogens with zero attached hydrogens (tertiary/aromatic N) is 4. The summed E-state index contributed by atoms with van der Waals surface area (Å²) in [7, 11) is 0. The molecule has 0 radical (unpaired) electrons. The second kappa shape index (κ2) is 9.32. The molecule has 194 valence electrons. The van der Waals surface area contributed by atoms with E-state index in [9.17, 15) is 47.4 Å². The number of ether oxygens (including phenoxy) is 2. The van der Waals surface area contributed by atoms with Gasteiger partial charge in [-0.2, -0.15) is 21.0 Å². The van der Waals surface area contributed by atoms with Crippen LogP contribution in [0.4, 0.5) is 37.7 Å². The first-order valence-corrected chi connectivity index (χ1v) is 10.7. The lowest BCUT2D eigenvalue weighted by molar-refractivity contribution is 0.445. The summed E-state index contributed by atoms with van der Waals surface area (Å²) in [5.41, 5.74) is -3.16. The average Bonchev–Trinajstić information content (AvgIpc) is 3.54. The van der Waals surface area contributed by atoms with Gasteiger partial charge in [-0.15, -0.1) is 0 Å². The van der Waals surface area contributed by atoms with E-state index in [-0.39, 0.29) is 22.5 Å². The van der Waals surface area contributed by atoms with Crippen molar-refractivity contribution in [1.29, 1.82) is 21.0 Å². The van der Waals surface area contributed by atoms with E-state index in [4.69, 9.17) is 9.47 Å². The third-order valence-electron chi connectivity index (χ3n) is 5.74. The van der Waals surface area contributed by atoms with Crippen molar-refractivity contribution in [3.63, 3.8) is 0 Å². The van der Waals surface area contributed by atoms with Crippen molar-refractivity contribution in [2.45, 2.75) is 0 Å². The normalized spacial score (nSPS) is 12.3. The van der Waals surface area contributed by atoms with Gasteiger partial charge in [-0.1, -0.05) is 0 Å². The van der Waals surface area contributed by atoms with Crippen molar-refractivity contribution in [3.8, 4) is 58.0 Å². The first-order chi connectivity index (χ1) is 19.1. The summed E-state index contributed by atoms with van der Waals surface area (Å²) >= 11 is 0. The lowest BCUT2D eigenvalue weighted by Crippen LogP contribution is -2.03. The SMILES string of the molecule is N#CC(C#N)=C1Nc2c(c(-c3cc(F)c(F)c(F)c3)c3c(c2-c2cc(F)c(F)c(F)c2)OC(=C(C#N)C#N)N3)O1. The molecule has 5 rings (SSSR count). The van der Waals surface area contributed by atoms with Gasteiger partial charge in [-0.25, -0.2) is 26.3 Å². The topological polar surface area (TPSA) is 138 Å². The Morgan fingerprint density at radius 2 is 0.850 bits per heavy atom. The molecule has 2 aliphatic heterocycles. The number of allylic oxidation sites excluding steroid dienone is 2. The molecule has 14 heteroatoms. The van der Waals surface area contributed by atoms with E-state index in [0.717, 1.165) is 0 Å². The van der Waals surface area contributed by atoms with Crippen LogP contribution in [0.3, 0.4) is 0 Å². The van der Waals surface area contributed by atoms with Gasteiger partial charge >= 0.3 is 0 Å². The van der Waals surface area contributed by atoms with Gasteiger partial charge in [-0.05, 0) is 35.4 Å². The molecule has 0 aromatic heterocycles. The van der Waals surface area contributed by atoms with Crippen molar-refractivity contribution in [2.24, 2.45) is 0 Å². The highest BCUT2D eigenvalue weighted by atomic mass is 19.2. The molecule has 3 aromatic carbocycles. The summed E-state index contributed by atoms with van der Waals surface area (Å²) in [6.07, 6.45) is 0. The first kappa shape index (κ1) is 25.5. The number of halogens is 6. The minimum Gasteiger partial charge on any atom is -0.436 e. The molecular formula is C26H6F6N6O2. The number of anilines is 2. The molecule has 2 N–H and O–H groups in total. The molecule has 0 saturated heterocycles. The van der Waals surface area contributed by atoms with Crippen molar-refractivity contribution in [1.82, 2.24) is 0 Å². The number of nitriles is 4. The van der Waals surface area contributed by atoms with Gasteiger partial charge in [0.05, 0.1) is 22.5 Å². The average molecular weight is 548 g/mol. The minimum atomic E-state index is -1.80. The number of hydrogen-bond donors (Lipinski definition) is 2. The monoisotopic (exact) mass is 548 g/mol. The Balaban J connectivity index is 1.95. The smallest absolute Gasteiger partial charge is 0.226 e. The highest BCUT2D eigenvalue weighted by Crippen LogP contribution is 2.60. The van der Waals surface area contributed by atoms with E-state index in [0.29, 0.717) is 24.3 Å². The standard InChI is InChI=1S/C26H6F6N6O2/c27-13-1-9(2-14(28)19(13)31)17-21-24(40-25(37-21)11(5-33)6-34)18(10-3-15(29)20(32)16(30)4-10)22-23(17)39-26(38-22)12(7-35)8-36/h1-4,37-38H. The molecule has 0 atom stereocenters. The van der Waals surface area contributed by atoms with Crippen molar-refractivity contribution < 1.29 is 35.8 Å². The molecule has 0 saturated carbocycles. The summed E-state index contributed by atoms with van der Waals surface area (Å²) in [5, 5.41) is 42.4. The zero-order valence-corrected chi connectivity index (χ0v) is 19.2. The third kappa shape index (κ3) is 3.76. The predicted molar refractivity (Wildman–Crippen MR) is 122 cm³/mol. The molecule has 2 aliphatic rings. The van der Waals surface area contributed by atoms with E-state index in [1.54, 1.807) is 24.3 Å². The van der Waals surface area contributed by atoms with Crippen LogP contribution in [0.15, 0.2) is 47.2 Å². The maximum absolute atomic E-state index is 14.3. The zero-order valence-electron chi connectivity index (χ0n) is 19.2. The molecule has 0 amide bonds. The van der Waals surface area contributed by atoms with Crippen LogP contribution in [0.25, 0.3) is 22.3 Å². The number of fused-ring (bicyclic) bond motifs is 2. The Morgan fingerprint density at radius 3 is 1.12 bits per heavy atom. The van der Waals surface area contributed by atoms with E-state index >= 15 is 0 Å². The fourth-order valence-corrected chi connectivity index (χ4v) is 4.06. The zero-order chi connectivity index (χ0) is 28.9. The Bertz CT molecular complexity index is 1670. The molecule has 0 unspecified atom stereocenters. The van der Waals surface area contributed by atoms with Crippen molar-refractivity contribution in [2.75, 3.05) is 10.6 Å². The van der Waals surface area contributed by atoms with Gasteiger partial charge in [0.2, 0.25) is 11.8 Å². The van der Waals surface area contributed by atoms with Gasteiger partial charge in [0.15, 0.2) is 57.5 Å². The molecule has 0 fully saturated rings. The van der Waals surface area contributed by atoms with Crippen LogP contribution in [-0.4, -0.2) is 0 Å². The maximum atomic E-state index is 14.3. The molecule has 2 heterocycles. The minimum absolute atomic E-state index is 0.277. The van der Waals surface area contributed by atoms with E-state index in [2.05, 4.69) is 10.6 Å². The molecular weight excluding hydrogens is 542 g/mol. The fourth-order valence-electron chi connectivity index (χ4n) is 4.06.